The minimum atomic E-state index is -0.755. The summed E-state index contributed by atoms with van der Waals surface area (Å²) in [4.78, 5) is 12.3. The first-order chi connectivity index (χ1) is 11.1. The lowest BCUT2D eigenvalue weighted by atomic mass is 10.0. The first kappa shape index (κ1) is 15.9. The maximum absolute atomic E-state index is 12.3. The molecule has 1 aromatic carbocycles. The van der Waals surface area contributed by atoms with Gasteiger partial charge in [-0.1, -0.05) is 29.5 Å². The zero-order chi connectivity index (χ0) is 16.3. The molecule has 23 heavy (non-hydrogen) atoms. The van der Waals surface area contributed by atoms with E-state index in [0.29, 0.717) is 18.2 Å². The van der Waals surface area contributed by atoms with Crippen LogP contribution in [-0.4, -0.2) is 35.4 Å². The third-order valence-electron chi connectivity index (χ3n) is 3.92. The van der Waals surface area contributed by atoms with Crippen molar-refractivity contribution in [2.45, 2.75) is 31.8 Å². The molecule has 3 rings (SSSR count). The van der Waals surface area contributed by atoms with Gasteiger partial charge < -0.3 is 9.47 Å². The van der Waals surface area contributed by atoms with E-state index < -0.39 is 5.60 Å². The molecule has 1 aliphatic heterocycles. The van der Waals surface area contributed by atoms with Crippen LogP contribution in [0.15, 0.2) is 24.3 Å². The van der Waals surface area contributed by atoms with E-state index in [1.165, 1.54) is 11.3 Å². The summed E-state index contributed by atoms with van der Waals surface area (Å²) in [5.74, 6) is 0.662. The molecule has 0 saturated carbocycles. The molecule has 0 bridgehead atoms. The van der Waals surface area contributed by atoms with Gasteiger partial charge >= 0.3 is 0 Å². The normalized spacial score (nSPS) is 20.4. The molecule has 122 valence electrons. The van der Waals surface area contributed by atoms with Crippen LogP contribution in [0.25, 0.3) is 0 Å². The monoisotopic (exact) mass is 333 g/mol. The largest absolute Gasteiger partial charge is 0.496 e. The van der Waals surface area contributed by atoms with Crippen molar-refractivity contribution in [2.24, 2.45) is 0 Å². The zero-order valence-electron chi connectivity index (χ0n) is 13.2. The van der Waals surface area contributed by atoms with Crippen molar-refractivity contribution >= 4 is 22.4 Å². The Bertz CT molecular complexity index is 695. The highest BCUT2D eigenvalue weighted by Gasteiger charge is 2.38. The number of carbonyl (C=O) groups excluding carboxylic acids is 1. The molecule has 2 aromatic rings. The summed E-state index contributed by atoms with van der Waals surface area (Å²) in [5.41, 5.74) is 0.282. The van der Waals surface area contributed by atoms with Crippen LogP contribution in [0.4, 0.5) is 5.13 Å². The van der Waals surface area contributed by atoms with Crippen LogP contribution in [0.5, 0.6) is 5.75 Å². The second-order valence-electron chi connectivity index (χ2n) is 5.63. The molecule has 6 nitrogen and oxygen atoms in total. The van der Waals surface area contributed by atoms with E-state index in [1.807, 2.05) is 31.2 Å². The second-order valence-corrected chi connectivity index (χ2v) is 6.69. The molecule has 1 atom stereocenters. The third-order valence-corrected chi connectivity index (χ3v) is 4.76. The first-order valence-corrected chi connectivity index (χ1v) is 8.32. The number of carbonyl (C=O) groups is 1. The fourth-order valence-electron chi connectivity index (χ4n) is 2.57. The molecule has 0 spiro atoms. The van der Waals surface area contributed by atoms with Crippen molar-refractivity contribution in [3.63, 3.8) is 0 Å². The number of ether oxygens (including phenoxy) is 2. The topological polar surface area (TPSA) is 73.3 Å². The van der Waals surface area contributed by atoms with Crippen molar-refractivity contribution in [1.29, 1.82) is 0 Å². The summed E-state index contributed by atoms with van der Waals surface area (Å²) in [7, 11) is 1.65. The standard InChI is InChI=1S/C16H19N3O3S/c1-16(8-5-9-22-16)14(20)17-15-19-18-13(23-15)10-11-6-3-4-7-12(11)21-2/h3-4,6-7H,5,8-10H2,1-2H3,(H,17,19,20)/t16-/m1/s1. The van der Waals surface area contributed by atoms with E-state index in [4.69, 9.17) is 9.47 Å². The zero-order valence-corrected chi connectivity index (χ0v) is 14.0. The SMILES string of the molecule is COc1ccccc1Cc1nnc(NC(=O)[C@@]2(C)CCCO2)s1. The Morgan fingerprint density at radius 3 is 3.00 bits per heavy atom. The number of nitrogens with one attached hydrogen (secondary N) is 1. The quantitative estimate of drug-likeness (QED) is 0.910. The van der Waals surface area contributed by atoms with Crippen molar-refractivity contribution < 1.29 is 14.3 Å². The fraction of sp³-hybridized carbons (Fsp3) is 0.438. The molecule has 7 heteroatoms. The van der Waals surface area contributed by atoms with Gasteiger partial charge in [0.2, 0.25) is 5.13 Å². The lowest BCUT2D eigenvalue weighted by molar-refractivity contribution is -0.133. The summed E-state index contributed by atoms with van der Waals surface area (Å²) < 4.78 is 10.9. The van der Waals surface area contributed by atoms with Crippen LogP contribution in [0, 0.1) is 0 Å². The van der Waals surface area contributed by atoms with Gasteiger partial charge in [0.05, 0.1) is 7.11 Å². The van der Waals surface area contributed by atoms with E-state index in [0.717, 1.165) is 29.2 Å². The smallest absolute Gasteiger partial charge is 0.258 e. The molecule has 1 saturated heterocycles. The predicted octanol–water partition coefficient (Wildman–Crippen LogP) is 2.65. The lowest BCUT2D eigenvalue weighted by Crippen LogP contribution is -2.39. The summed E-state index contributed by atoms with van der Waals surface area (Å²) in [5, 5.41) is 12.3. The molecule has 1 aromatic heterocycles. The van der Waals surface area contributed by atoms with Crippen LogP contribution in [0.3, 0.4) is 0 Å². The van der Waals surface area contributed by atoms with Crippen molar-refractivity contribution in [2.75, 3.05) is 19.0 Å². The molecular weight excluding hydrogens is 314 g/mol. The van der Waals surface area contributed by atoms with Crippen LogP contribution < -0.4 is 10.1 Å². The van der Waals surface area contributed by atoms with Crippen molar-refractivity contribution in [3.8, 4) is 5.75 Å². The van der Waals surface area contributed by atoms with E-state index in [9.17, 15) is 4.79 Å². The number of para-hydroxylation sites is 1. The van der Waals surface area contributed by atoms with Crippen LogP contribution in [0.2, 0.25) is 0 Å². The molecule has 1 N–H and O–H groups in total. The Balaban J connectivity index is 1.67. The molecule has 1 amide bonds. The van der Waals surface area contributed by atoms with Gasteiger partial charge in [-0.05, 0) is 25.8 Å². The number of benzene rings is 1. The highest BCUT2D eigenvalue weighted by atomic mass is 32.1. The minimum absolute atomic E-state index is 0.157. The van der Waals surface area contributed by atoms with Gasteiger partial charge in [-0.25, -0.2) is 0 Å². The number of anilines is 1. The van der Waals surface area contributed by atoms with Crippen LogP contribution >= 0.6 is 11.3 Å². The Kier molecular flexibility index (Phi) is 4.58. The number of rotatable bonds is 5. The lowest BCUT2D eigenvalue weighted by Gasteiger charge is -2.20. The van der Waals surface area contributed by atoms with E-state index >= 15 is 0 Å². The van der Waals surface area contributed by atoms with Gasteiger partial charge in [-0.3, -0.25) is 10.1 Å². The molecule has 0 radical (unpaired) electrons. The highest BCUT2D eigenvalue weighted by Crippen LogP contribution is 2.28. The number of hydrogen-bond acceptors (Lipinski definition) is 6. The number of methoxy groups -OCH3 is 1. The third kappa shape index (κ3) is 3.51. The summed E-state index contributed by atoms with van der Waals surface area (Å²) in [6.07, 6.45) is 2.25. The van der Waals surface area contributed by atoms with Gasteiger partial charge in [0.1, 0.15) is 16.4 Å². The average molecular weight is 333 g/mol. The van der Waals surface area contributed by atoms with Crippen molar-refractivity contribution in [3.05, 3.63) is 34.8 Å². The van der Waals surface area contributed by atoms with Gasteiger partial charge in [-0.15, -0.1) is 10.2 Å². The Morgan fingerprint density at radius 1 is 1.43 bits per heavy atom. The van der Waals surface area contributed by atoms with E-state index in [-0.39, 0.29) is 5.91 Å². The van der Waals surface area contributed by atoms with Gasteiger partial charge in [0, 0.05) is 18.6 Å². The highest BCUT2D eigenvalue weighted by molar-refractivity contribution is 7.15. The molecule has 1 aliphatic rings. The maximum Gasteiger partial charge on any atom is 0.258 e. The summed E-state index contributed by atoms with van der Waals surface area (Å²) in [6.45, 7) is 2.44. The van der Waals surface area contributed by atoms with E-state index in [1.54, 1.807) is 7.11 Å². The maximum atomic E-state index is 12.3. The molecule has 2 heterocycles. The number of amides is 1. The number of hydrogen-bond donors (Lipinski definition) is 1. The second kappa shape index (κ2) is 6.64. The number of aromatic nitrogens is 2. The molecular formula is C16H19N3O3S. The molecule has 1 fully saturated rings. The number of nitrogens with zero attached hydrogens (tertiary/aromatic N) is 2. The van der Waals surface area contributed by atoms with Gasteiger partial charge in [0.25, 0.3) is 5.91 Å². The Labute approximate surface area is 138 Å². The molecule has 0 unspecified atom stereocenters. The average Bonchev–Trinajstić information content (AvgIpc) is 3.18. The molecule has 0 aliphatic carbocycles. The van der Waals surface area contributed by atoms with E-state index in [2.05, 4.69) is 15.5 Å². The van der Waals surface area contributed by atoms with Crippen LogP contribution in [-0.2, 0) is 16.0 Å². The summed E-state index contributed by atoms with van der Waals surface area (Å²) >= 11 is 1.37. The predicted molar refractivity (Wildman–Crippen MR) is 87.9 cm³/mol. The minimum Gasteiger partial charge on any atom is -0.496 e. The van der Waals surface area contributed by atoms with Gasteiger partial charge in [0.15, 0.2) is 0 Å². The first-order valence-electron chi connectivity index (χ1n) is 7.50. The van der Waals surface area contributed by atoms with Crippen molar-refractivity contribution in [1.82, 2.24) is 10.2 Å². The van der Waals surface area contributed by atoms with Crippen LogP contribution in [0.1, 0.15) is 30.3 Å². The van der Waals surface area contributed by atoms with Gasteiger partial charge in [-0.2, -0.15) is 0 Å². The summed E-state index contributed by atoms with van der Waals surface area (Å²) in [6, 6.07) is 7.79. The Hall–Kier alpha value is -1.99. The fourth-order valence-corrected chi connectivity index (χ4v) is 3.33. The Morgan fingerprint density at radius 2 is 2.26 bits per heavy atom.